The highest BCUT2D eigenvalue weighted by molar-refractivity contribution is 7.13. The lowest BCUT2D eigenvalue weighted by Crippen LogP contribution is -2.41. The lowest BCUT2D eigenvalue weighted by Gasteiger charge is -2.16. The van der Waals surface area contributed by atoms with Gasteiger partial charge in [0.1, 0.15) is 9.88 Å². The first kappa shape index (κ1) is 17.4. The highest BCUT2D eigenvalue weighted by Crippen LogP contribution is 2.17. The Hall–Kier alpha value is -1.67. The van der Waals surface area contributed by atoms with Gasteiger partial charge in [-0.05, 0) is 40.9 Å². The zero-order chi connectivity index (χ0) is 16.0. The molecule has 1 unspecified atom stereocenters. The number of aromatic carboxylic acids is 1. The number of carbonyl (C=O) groups is 2. The topological polar surface area (TPSA) is 94.6 Å². The Balaban J connectivity index is 2.39. The Morgan fingerprint density at radius 1 is 1.43 bits per heavy atom. The maximum absolute atomic E-state index is 11.7. The predicted molar refractivity (Wildman–Crippen MR) is 81.8 cm³/mol. The van der Waals surface area contributed by atoms with E-state index in [2.05, 4.69) is 20.5 Å². The Bertz CT molecular complexity index is 502. The number of hydrogen-bond donors (Lipinski definition) is 3. The van der Waals surface area contributed by atoms with Gasteiger partial charge in [0.25, 0.3) is 0 Å². The van der Waals surface area contributed by atoms with Gasteiger partial charge in [0.2, 0.25) is 0 Å². The van der Waals surface area contributed by atoms with Crippen LogP contribution < -0.4 is 10.6 Å². The van der Waals surface area contributed by atoms with E-state index in [9.17, 15) is 9.59 Å². The number of carboxylic acid groups (broad SMARTS) is 1. The Kier molecular flexibility index (Phi) is 6.57. The van der Waals surface area contributed by atoms with E-state index in [1.54, 1.807) is 6.92 Å². The van der Waals surface area contributed by atoms with Crippen molar-refractivity contribution in [2.24, 2.45) is 0 Å². The van der Waals surface area contributed by atoms with Crippen LogP contribution in [0.1, 0.15) is 33.7 Å². The number of amides is 2. The minimum atomic E-state index is -0.988. The second kappa shape index (κ2) is 7.94. The van der Waals surface area contributed by atoms with Gasteiger partial charge in [0, 0.05) is 6.04 Å². The first-order chi connectivity index (χ1) is 9.79. The summed E-state index contributed by atoms with van der Waals surface area (Å²) in [5.74, 6) is -0.988. The Morgan fingerprint density at radius 2 is 2.10 bits per heavy atom. The van der Waals surface area contributed by atoms with Crippen molar-refractivity contribution in [2.45, 2.75) is 32.9 Å². The molecule has 1 rings (SSSR count). The molecule has 0 aliphatic heterocycles. The molecule has 0 saturated heterocycles. The van der Waals surface area contributed by atoms with Gasteiger partial charge in [0.05, 0.1) is 12.2 Å². The van der Waals surface area contributed by atoms with Gasteiger partial charge in [-0.25, -0.2) is 14.6 Å². The van der Waals surface area contributed by atoms with E-state index < -0.39 is 5.97 Å². The molecule has 0 bridgehead atoms. The first-order valence-electron chi connectivity index (χ1n) is 6.68. The summed E-state index contributed by atoms with van der Waals surface area (Å²) >= 11 is 1.08. The summed E-state index contributed by atoms with van der Waals surface area (Å²) in [6.07, 6.45) is 0.861. The van der Waals surface area contributed by atoms with Crippen LogP contribution in [0.5, 0.6) is 0 Å². The van der Waals surface area contributed by atoms with Gasteiger partial charge in [0.15, 0.2) is 0 Å². The molecule has 3 N–H and O–H groups in total. The second-order valence-corrected chi connectivity index (χ2v) is 6.23. The molecule has 1 aromatic heterocycles. The number of nitrogens with zero attached hydrogens (tertiary/aromatic N) is 2. The molecule has 0 radical (unpaired) electrons. The lowest BCUT2D eigenvalue weighted by molar-refractivity contribution is 0.0701. The molecule has 0 saturated carbocycles. The smallest absolute Gasteiger partial charge is 0.347 e. The van der Waals surface area contributed by atoms with Gasteiger partial charge >= 0.3 is 12.0 Å². The summed E-state index contributed by atoms with van der Waals surface area (Å²) in [5.41, 5.74) is 0.476. The molecular weight excluding hydrogens is 292 g/mol. The fraction of sp³-hybridized carbons (Fsp3) is 0.615. The van der Waals surface area contributed by atoms with Crippen molar-refractivity contribution in [2.75, 3.05) is 20.6 Å². The molecule has 1 aromatic rings. The molecule has 7 nitrogen and oxygen atoms in total. The number of carboxylic acids is 1. The minimum Gasteiger partial charge on any atom is -0.477 e. The van der Waals surface area contributed by atoms with Crippen LogP contribution in [-0.2, 0) is 6.54 Å². The number of hydrogen-bond acceptors (Lipinski definition) is 5. The van der Waals surface area contributed by atoms with Gasteiger partial charge in [-0.1, -0.05) is 0 Å². The third kappa shape index (κ3) is 6.09. The number of nitrogens with one attached hydrogen (secondary N) is 2. The zero-order valence-electron chi connectivity index (χ0n) is 12.8. The van der Waals surface area contributed by atoms with Crippen LogP contribution in [0.3, 0.4) is 0 Å². The van der Waals surface area contributed by atoms with Crippen molar-refractivity contribution in [1.29, 1.82) is 0 Å². The zero-order valence-corrected chi connectivity index (χ0v) is 13.6. The van der Waals surface area contributed by atoms with E-state index in [0.29, 0.717) is 10.7 Å². The Morgan fingerprint density at radius 3 is 2.62 bits per heavy atom. The van der Waals surface area contributed by atoms with Gasteiger partial charge in [-0.2, -0.15) is 0 Å². The molecule has 0 fully saturated rings. The van der Waals surface area contributed by atoms with Crippen molar-refractivity contribution in [3.05, 3.63) is 15.6 Å². The van der Waals surface area contributed by atoms with E-state index in [1.807, 2.05) is 21.0 Å². The van der Waals surface area contributed by atoms with E-state index in [1.165, 1.54) is 0 Å². The van der Waals surface area contributed by atoms with Crippen LogP contribution >= 0.6 is 11.3 Å². The molecule has 1 atom stereocenters. The minimum absolute atomic E-state index is 0.0695. The number of rotatable bonds is 7. The van der Waals surface area contributed by atoms with Crippen molar-refractivity contribution in [3.8, 4) is 0 Å². The molecule has 0 aliphatic carbocycles. The standard InChI is InChI=1S/C13H22N4O3S/c1-8(5-6-17(3)4)15-13(20)14-7-10-16-9(2)11(21-10)12(18)19/h8H,5-7H2,1-4H3,(H,18,19)(H2,14,15,20). The average molecular weight is 314 g/mol. The quantitative estimate of drug-likeness (QED) is 0.705. The Labute approximate surface area is 128 Å². The summed E-state index contributed by atoms with van der Waals surface area (Å²) in [4.78, 5) is 29.0. The van der Waals surface area contributed by atoms with Gasteiger partial charge in [-0.15, -0.1) is 11.3 Å². The number of aromatic nitrogens is 1. The molecular formula is C13H22N4O3S. The van der Waals surface area contributed by atoms with Crippen molar-refractivity contribution in [1.82, 2.24) is 20.5 Å². The van der Waals surface area contributed by atoms with Crippen molar-refractivity contribution in [3.63, 3.8) is 0 Å². The molecule has 0 spiro atoms. The average Bonchev–Trinajstić information content (AvgIpc) is 2.75. The molecule has 2 amide bonds. The van der Waals surface area contributed by atoms with Crippen molar-refractivity contribution < 1.29 is 14.7 Å². The summed E-state index contributed by atoms with van der Waals surface area (Å²) in [5, 5.41) is 15.1. The fourth-order valence-corrected chi connectivity index (χ4v) is 2.52. The number of carbonyl (C=O) groups excluding carboxylic acids is 1. The second-order valence-electron chi connectivity index (χ2n) is 5.15. The summed E-state index contributed by atoms with van der Waals surface area (Å²) in [6.45, 7) is 4.71. The fourth-order valence-electron chi connectivity index (χ4n) is 1.68. The van der Waals surface area contributed by atoms with E-state index in [0.717, 1.165) is 24.3 Å². The highest BCUT2D eigenvalue weighted by Gasteiger charge is 2.14. The third-order valence-electron chi connectivity index (χ3n) is 2.82. The third-order valence-corrected chi connectivity index (χ3v) is 3.97. The highest BCUT2D eigenvalue weighted by atomic mass is 32.1. The predicted octanol–water partition coefficient (Wildman–Crippen LogP) is 1.29. The van der Waals surface area contributed by atoms with Gasteiger partial charge < -0.3 is 20.6 Å². The number of thiazole rings is 1. The molecule has 0 aliphatic rings. The van der Waals surface area contributed by atoms with Crippen LogP contribution in [0, 0.1) is 6.92 Å². The van der Waals surface area contributed by atoms with Crippen LogP contribution in [0.2, 0.25) is 0 Å². The molecule has 21 heavy (non-hydrogen) atoms. The lowest BCUT2D eigenvalue weighted by atomic mass is 10.2. The maximum atomic E-state index is 11.7. The van der Waals surface area contributed by atoms with E-state index in [-0.39, 0.29) is 23.5 Å². The van der Waals surface area contributed by atoms with Crippen LogP contribution in [-0.4, -0.2) is 53.7 Å². The van der Waals surface area contributed by atoms with Crippen LogP contribution in [0.4, 0.5) is 4.79 Å². The maximum Gasteiger partial charge on any atom is 0.347 e. The summed E-state index contributed by atoms with van der Waals surface area (Å²) in [7, 11) is 3.97. The summed E-state index contributed by atoms with van der Waals surface area (Å²) < 4.78 is 0. The first-order valence-corrected chi connectivity index (χ1v) is 7.50. The normalized spacial score (nSPS) is 12.2. The molecule has 8 heteroatoms. The van der Waals surface area contributed by atoms with Gasteiger partial charge in [-0.3, -0.25) is 0 Å². The van der Waals surface area contributed by atoms with Crippen LogP contribution in [0.25, 0.3) is 0 Å². The molecule has 118 valence electrons. The number of urea groups is 1. The molecule has 1 heterocycles. The molecule has 0 aromatic carbocycles. The largest absolute Gasteiger partial charge is 0.477 e. The van der Waals surface area contributed by atoms with E-state index >= 15 is 0 Å². The SMILES string of the molecule is Cc1nc(CNC(=O)NC(C)CCN(C)C)sc1C(=O)O. The summed E-state index contributed by atoms with van der Waals surface area (Å²) in [6, 6.07) is -0.203. The van der Waals surface area contributed by atoms with E-state index in [4.69, 9.17) is 5.11 Å². The number of aryl methyl sites for hydroxylation is 1. The van der Waals surface area contributed by atoms with Crippen LogP contribution in [0.15, 0.2) is 0 Å². The van der Waals surface area contributed by atoms with Crippen molar-refractivity contribution >= 4 is 23.3 Å². The monoisotopic (exact) mass is 314 g/mol.